The van der Waals surface area contributed by atoms with Crippen molar-refractivity contribution >= 4 is 43.3 Å². The van der Waals surface area contributed by atoms with Crippen LogP contribution < -0.4 is 0 Å². The molecule has 0 rings (SSSR count). The van der Waals surface area contributed by atoms with Crippen molar-refractivity contribution in [2.24, 2.45) is 0 Å². The Morgan fingerprint density at radius 2 is 1.15 bits per heavy atom. The quantitative estimate of drug-likeness (QED) is 0.279. The number of unbranched alkanes of at least 4 members (excludes halogenated alkanes) is 8. The van der Waals surface area contributed by atoms with Crippen molar-refractivity contribution in [1.82, 2.24) is 0 Å². The Morgan fingerprint density at radius 1 is 0.850 bits per heavy atom. The van der Waals surface area contributed by atoms with Crippen molar-refractivity contribution in [3.05, 3.63) is 0 Å². The standard InChI is InChI=1S/C12H24O2.Na.H3O4P.H/c1-2-3-4-5-6-7-8-9-10-11-12(13)14;;1-5(2,3)4;/h2-11H2,1H3,(H,13,14);;(H3,1,2,3,4);. The number of aliphatic carboxylic acids is 1. The van der Waals surface area contributed by atoms with Crippen molar-refractivity contribution < 1.29 is 29.1 Å². The predicted octanol–water partition coefficient (Wildman–Crippen LogP) is 2.41. The minimum atomic E-state index is -4.64. The van der Waals surface area contributed by atoms with Gasteiger partial charge in [0.1, 0.15) is 0 Å². The predicted molar refractivity (Wildman–Crippen MR) is 80.9 cm³/mol. The van der Waals surface area contributed by atoms with Crippen LogP contribution in [0.15, 0.2) is 0 Å². The van der Waals surface area contributed by atoms with Crippen LogP contribution in [0.4, 0.5) is 0 Å². The summed E-state index contributed by atoms with van der Waals surface area (Å²) in [6, 6.07) is 0. The Hall–Kier alpha value is 0.580. The van der Waals surface area contributed by atoms with Gasteiger partial charge in [-0.2, -0.15) is 0 Å². The van der Waals surface area contributed by atoms with Crippen LogP contribution in [0.3, 0.4) is 0 Å². The summed E-state index contributed by atoms with van der Waals surface area (Å²) in [7, 11) is -4.64. The molecule has 0 radical (unpaired) electrons. The Morgan fingerprint density at radius 3 is 1.45 bits per heavy atom. The van der Waals surface area contributed by atoms with Gasteiger partial charge in [-0.15, -0.1) is 0 Å². The van der Waals surface area contributed by atoms with E-state index in [1.165, 1.54) is 44.9 Å². The molecule has 8 heteroatoms. The average Bonchev–Trinajstić information content (AvgIpc) is 2.24. The third-order valence-electron chi connectivity index (χ3n) is 2.49. The van der Waals surface area contributed by atoms with Gasteiger partial charge in [-0.3, -0.25) is 4.79 Å². The van der Waals surface area contributed by atoms with E-state index in [1.54, 1.807) is 0 Å². The molecular formula is C12H28NaO6P. The van der Waals surface area contributed by atoms with Gasteiger partial charge >= 0.3 is 43.3 Å². The summed E-state index contributed by atoms with van der Waals surface area (Å²) in [6.45, 7) is 2.23. The van der Waals surface area contributed by atoms with Gasteiger partial charge in [0.15, 0.2) is 0 Å². The molecule has 20 heavy (non-hydrogen) atoms. The van der Waals surface area contributed by atoms with Crippen molar-refractivity contribution in [2.45, 2.75) is 71.1 Å². The van der Waals surface area contributed by atoms with Crippen LogP contribution in [0.5, 0.6) is 0 Å². The number of phosphoric acid groups is 1. The van der Waals surface area contributed by atoms with Gasteiger partial charge in [-0.05, 0) is 6.42 Å². The zero-order chi connectivity index (χ0) is 15.1. The Balaban J connectivity index is -0.000000414. The van der Waals surface area contributed by atoms with Crippen LogP contribution in [0, 0.1) is 0 Å². The SMILES string of the molecule is CCCCCCCCCCCC(=O)O.O=P(O)(O)O.[NaH]. The molecule has 0 bridgehead atoms. The summed E-state index contributed by atoms with van der Waals surface area (Å²) in [5, 5.41) is 8.41. The van der Waals surface area contributed by atoms with Gasteiger partial charge in [0.05, 0.1) is 0 Å². The maximum absolute atomic E-state index is 10.2. The first-order valence-electron chi connectivity index (χ1n) is 6.77. The van der Waals surface area contributed by atoms with E-state index in [0.29, 0.717) is 6.42 Å². The minimum absolute atomic E-state index is 0. The molecule has 0 heterocycles. The zero-order valence-corrected chi connectivity index (χ0v) is 12.5. The Bertz CT molecular complexity index is 248. The second-order valence-corrected chi connectivity index (χ2v) is 5.51. The molecule has 6 nitrogen and oxygen atoms in total. The van der Waals surface area contributed by atoms with Crippen molar-refractivity contribution in [3.63, 3.8) is 0 Å². The first-order valence-corrected chi connectivity index (χ1v) is 8.34. The van der Waals surface area contributed by atoms with Crippen LogP contribution >= 0.6 is 7.82 Å². The molecule has 0 aliphatic carbocycles. The molecule has 0 unspecified atom stereocenters. The number of rotatable bonds is 10. The molecule has 0 aromatic rings. The van der Waals surface area contributed by atoms with Gasteiger partial charge in [0, 0.05) is 6.42 Å². The summed E-state index contributed by atoms with van der Waals surface area (Å²) in [4.78, 5) is 31.8. The number of carboxylic acid groups (broad SMARTS) is 1. The van der Waals surface area contributed by atoms with E-state index in [-0.39, 0.29) is 29.6 Å². The maximum atomic E-state index is 10.2. The van der Waals surface area contributed by atoms with Gasteiger partial charge in [0.2, 0.25) is 0 Å². The third kappa shape index (κ3) is 42.8. The van der Waals surface area contributed by atoms with E-state index in [1.807, 2.05) is 0 Å². The Labute approximate surface area is 143 Å². The number of carbonyl (C=O) groups is 1. The van der Waals surface area contributed by atoms with Crippen LogP contribution in [-0.2, 0) is 9.36 Å². The average molecular weight is 322 g/mol. The second-order valence-electron chi connectivity index (χ2n) is 4.49. The number of carboxylic acids is 1. The number of hydrogen-bond acceptors (Lipinski definition) is 2. The van der Waals surface area contributed by atoms with E-state index in [4.69, 9.17) is 24.4 Å². The molecule has 0 aliphatic rings. The molecule has 4 N–H and O–H groups in total. The van der Waals surface area contributed by atoms with Crippen molar-refractivity contribution in [3.8, 4) is 0 Å². The zero-order valence-electron chi connectivity index (χ0n) is 11.6. The van der Waals surface area contributed by atoms with Crippen LogP contribution in [0.2, 0.25) is 0 Å². The topological polar surface area (TPSA) is 115 Å². The Kier molecular flexibility index (Phi) is 22.5. The van der Waals surface area contributed by atoms with E-state index < -0.39 is 13.8 Å². The van der Waals surface area contributed by atoms with Crippen molar-refractivity contribution in [2.75, 3.05) is 0 Å². The third-order valence-corrected chi connectivity index (χ3v) is 2.49. The van der Waals surface area contributed by atoms with Crippen LogP contribution in [0.25, 0.3) is 0 Å². The molecule has 118 valence electrons. The summed E-state index contributed by atoms with van der Waals surface area (Å²) >= 11 is 0. The normalized spacial score (nSPS) is 10.2. The van der Waals surface area contributed by atoms with Crippen LogP contribution in [0.1, 0.15) is 71.1 Å². The molecular weight excluding hydrogens is 294 g/mol. The molecule has 0 spiro atoms. The fourth-order valence-electron chi connectivity index (χ4n) is 1.59. The van der Waals surface area contributed by atoms with E-state index in [2.05, 4.69) is 6.92 Å². The summed E-state index contributed by atoms with van der Waals surface area (Å²) in [5.41, 5.74) is 0. The molecule has 0 fully saturated rings. The van der Waals surface area contributed by atoms with Crippen LogP contribution in [-0.4, -0.2) is 55.3 Å². The molecule has 0 atom stereocenters. The summed E-state index contributed by atoms with van der Waals surface area (Å²) < 4.78 is 8.88. The van der Waals surface area contributed by atoms with Crippen molar-refractivity contribution in [1.29, 1.82) is 0 Å². The monoisotopic (exact) mass is 322 g/mol. The summed E-state index contributed by atoms with van der Waals surface area (Å²) in [6.07, 6.45) is 11.5. The van der Waals surface area contributed by atoms with Gasteiger partial charge in [-0.1, -0.05) is 58.3 Å². The first kappa shape index (κ1) is 25.5. The van der Waals surface area contributed by atoms with E-state index in [9.17, 15) is 4.79 Å². The van der Waals surface area contributed by atoms with Gasteiger partial charge in [0.25, 0.3) is 0 Å². The van der Waals surface area contributed by atoms with E-state index >= 15 is 0 Å². The second kappa shape index (κ2) is 17.6. The fraction of sp³-hybridized carbons (Fsp3) is 0.917. The first-order chi connectivity index (χ1) is 8.77. The molecule has 0 saturated carbocycles. The fourth-order valence-corrected chi connectivity index (χ4v) is 1.59. The number of hydrogen-bond donors (Lipinski definition) is 4. The molecule has 0 saturated heterocycles. The van der Waals surface area contributed by atoms with E-state index in [0.717, 1.165) is 12.8 Å². The molecule has 0 aliphatic heterocycles. The molecule has 0 aromatic carbocycles. The van der Waals surface area contributed by atoms with Gasteiger partial charge < -0.3 is 19.8 Å². The summed E-state index contributed by atoms with van der Waals surface area (Å²) in [5.74, 6) is -0.659. The van der Waals surface area contributed by atoms with Gasteiger partial charge in [-0.25, -0.2) is 4.57 Å². The molecule has 0 amide bonds. The molecule has 0 aromatic heterocycles.